The quantitative estimate of drug-likeness (QED) is 0.843. The fourth-order valence-electron chi connectivity index (χ4n) is 1.91. The minimum atomic E-state index is -2.75. The van der Waals surface area contributed by atoms with Crippen LogP contribution in [0.25, 0.3) is 0 Å². The first-order chi connectivity index (χ1) is 8.19. The molecule has 2 N–H and O–H groups in total. The number of alkyl halides is 2. The molecule has 0 amide bonds. The third kappa shape index (κ3) is 3.52. The first kappa shape index (κ1) is 15.1. The van der Waals surface area contributed by atoms with Crippen LogP contribution in [-0.4, -0.2) is 6.54 Å². The van der Waals surface area contributed by atoms with Crippen molar-refractivity contribution in [3.05, 3.63) is 35.4 Å². The van der Waals surface area contributed by atoms with E-state index in [9.17, 15) is 8.78 Å². The summed E-state index contributed by atoms with van der Waals surface area (Å²) in [6, 6.07) is 6.57. The molecule has 0 fully saturated rings. The summed E-state index contributed by atoms with van der Waals surface area (Å²) in [5.74, 6) is -2.78. The van der Waals surface area contributed by atoms with Gasteiger partial charge in [0, 0.05) is 23.9 Å². The van der Waals surface area contributed by atoms with E-state index in [1.807, 2.05) is 13.8 Å². The molecule has 0 spiro atoms. The Balaban J connectivity index is 2.96. The van der Waals surface area contributed by atoms with E-state index in [0.717, 1.165) is 5.56 Å². The summed E-state index contributed by atoms with van der Waals surface area (Å²) in [5, 5.41) is 0. The second kappa shape index (κ2) is 5.35. The van der Waals surface area contributed by atoms with Gasteiger partial charge in [0.15, 0.2) is 0 Å². The SMILES string of the molecule is CC(C)CC(F)(F)c1ccc(C(C)(C)CN)cc1. The van der Waals surface area contributed by atoms with Crippen molar-refractivity contribution in [3.8, 4) is 0 Å². The molecule has 18 heavy (non-hydrogen) atoms. The van der Waals surface area contributed by atoms with E-state index in [1.165, 1.54) is 12.1 Å². The Labute approximate surface area is 108 Å². The molecule has 0 aliphatic heterocycles. The second-order valence-corrected chi connectivity index (χ2v) is 5.97. The van der Waals surface area contributed by atoms with Crippen LogP contribution in [-0.2, 0) is 11.3 Å². The summed E-state index contributed by atoms with van der Waals surface area (Å²) in [6.07, 6.45) is -0.118. The highest BCUT2D eigenvalue weighted by atomic mass is 19.3. The van der Waals surface area contributed by atoms with Crippen LogP contribution in [0, 0.1) is 5.92 Å². The molecule has 0 unspecified atom stereocenters. The highest BCUT2D eigenvalue weighted by molar-refractivity contribution is 5.30. The zero-order valence-corrected chi connectivity index (χ0v) is 11.6. The van der Waals surface area contributed by atoms with Gasteiger partial charge in [0.05, 0.1) is 0 Å². The van der Waals surface area contributed by atoms with Gasteiger partial charge in [0.1, 0.15) is 0 Å². The van der Waals surface area contributed by atoms with Crippen LogP contribution in [0.2, 0.25) is 0 Å². The van der Waals surface area contributed by atoms with E-state index in [2.05, 4.69) is 0 Å². The minimum absolute atomic E-state index is 0.0276. The molecule has 0 aromatic heterocycles. The summed E-state index contributed by atoms with van der Waals surface area (Å²) in [4.78, 5) is 0. The van der Waals surface area contributed by atoms with Crippen LogP contribution >= 0.6 is 0 Å². The number of rotatable bonds is 5. The number of benzene rings is 1. The van der Waals surface area contributed by atoms with Crippen LogP contribution in [0.4, 0.5) is 8.78 Å². The maximum absolute atomic E-state index is 13.9. The molecule has 3 heteroatoms. The molecule has 0 aliphatic carbocycles. The minimum Gasteiger partial charge on any atom is -0.330 e. The Morgan fingerprint density at radius 1 is 1.06 bits per heavy atom. The monoisotopic (exact) mass is 255 g/mol. The zero-order chi connectivity index (χ0) is 14.0. The lowest BCUT2D eigenvalue weighted by molar-refractivity contribution is -0.0249. The van der Waals surface area contributed by atoms with E-state index in [0.29, 0.717) is 6.54 Å². The van der Waals surface area contributed by atoms with Crippen molar-refractivity contribution >= 4 is 0 Å². The van der Waals surface area contributed by atoms with Crippen LogP contribution in [0.5, 0.6) is 0 Å². The molecule has 102 valence electrons. The number of nitrogens with two attached hydrogens (primary N) is 1. The van der Waals surface area contributed by atoms with Gasteiger partial charge in [-0.1, -0.05) is 52.0 Å². The Bertz CT molecular complexity index is 380. The fourth-order valence-corrected chi connectivity index (χ4v) is 1.91. The lowest BCUT2D eigenvalue weighted by Crippen LogP contribution is -2.28. The van der Waals surface area contributed by atoms with Gasteiger partial charge in [0.25, 0.3) is 5.92 Å². The Hall–Kier alpha value is -0.960. The van der Waals surface area contributed by atoms with Crippen LogP contribution < -0.4 is 5.73 Å². The molecule has 0 heterocycles. The number of halogens is 2. The average Bonchev–Trinajstić information content (AvgIpc) is 2.27. The predicted octanol–water partition coefficient (Wildman–Crippen LogP) is 4.06. The number of hydrogen-bond donors (Lipinski definition) is 1. The van der Waals surface area contributed by atoms with Gasteiger partial charge in [-0.15, -0.1) is 0 Å². The first-order valence-electron chi connectivity index (χ1n) is 6.38. The van der Waals surface area contributed by atoms with Crippen molar-refractivity contribution in [2.75, 3.05) is 6.54 Å². The largest absolute Gasteiger partial charge is 0.330 e. The topological polar surface area (TPSA) is 26.0 Å². The molecule has 0 aliphatic rings. The van der Waals surface area contributed by atoms with Gasteiger partial charge < -0.3 is 5.73 Å². The van der Waals surface area contributed by atoms with Gasteiger partial charge in [-0.05, 0) is 11.5 Å². The van der Waals surface area contributed by atoms with Crippen LogP contribution in [0.3, 0.4) is 0 Å². The van der Waals surface area contributed by atoms with Crippen molar-refractivity contribution in [2.24, 2.45) is 11.7 Å². The van der Waals surface area contributed by atoms with Crippen LogP contribution in [0.1, 0.15) is 45.2 Å². The average molecular weight is 255 g/mol. The van der Waals surface area contributed by atoms with Crippen molar-refractivity contribution in [2.45, 2.75) is 45.5 Å². The lowest BCUT2D eigenvalue weighted by Gasteiger charge is -2.24. The third-order valence-corrected chi connectivity index (χ3v) is 3.26. The molecule has 0 saturated heterocycles. The summed E-state index contributed by atoms with van der Waals surface area (Å²) in [7, 11) is 0. The zero-order valence-electron chi connectivity index (χ0n) is 11.6. The highest BCUT2D eigenvalue weighted by Gasteiger charge is 2.32. The van der Waals surface area contributed by atoms with E-state index in [-0.39, 0.29) is 23.3 Å². The molecule has 1 aromatic rings. The van der Waals surface area contributed by atoms with Crippen molar-refractivity contribution < 1.29 is 8.78 Å². The summed E-state index contributed by atoms with van der Waals surface area (Å²) in [6.45, 7) is 8.12. The summed E-state index contributed by atoms with van der Waals surface area (Å²) >= 11 is 0. The Kier molecular flexibility index (Phi) is 4.49. The molecule has 0 atom stereocenters. The molecule has 1 rings (SSSR count). The molecule has 1 aromatic carbocycles. The van der Waals surface area contributed by atoms with E-state index in [4.69, 9.17) is 5.73 Å². The smallest absolute Gasteiger partial charge is 0.273 e. The lowest BCUT2D eigenvalue weighted by atomic mass is 9.84. The van der Waals surface area contributed by atoms with Crippen LogP contribution in [0.15, 0.2) is 24.3 Å². The van der Waals surface area contributed by atoms with Crippen molar-refractivity contribution in [1.29, 1.82) is 0 Å². The molecule has 0 saturated carbocycles. The van der Waals surface area contributed by atoms with Gasteiger partial charge in [-0.3, -0.25) is 0 Å². The van der Waals surface area contributed by atoms with Gasteiger partial charge in [-0.2, -0.15) is 0 Å². The van der Waals surface area contributed by atoms with Gasteiger partial charge >= 0.3 is 0 Å². The second-order valence-electron chi connectivity index (χ2n) is 5.97. The molecular formula is C15H23F2N. The Morgan fingerprint density at radius 3 is 1.89 bits per heavy atom. The fraction of sp³-hybridized carbons (Fsp3) is 0.600. The van der Waals surface area contributed by atoms with Crippen molar-refractivity contribution in [3.63, 3.8) is 0 Å². The maximum atomic E-state index is 13.9. The maximum Gasteiger partial charge on any atom is 0.273 e. The number of hydrogen-bond acceptors (Lipinski definition) is 1. The normalized spacial score (nSPS) is 13.1. The van der Waals surface area contributed by atoms with E-state index in [1.54, 1.807) is 26.0 Å². The van der Waals surface area contributed by atoms with E-state index < -0.39 is 5.92 Å². The molecule has 1 nitrogen and oxygen atoms in total. The predicted molar refractivity (Wildman–Crippen MR) is 71.9 cm³/mol. The first-order valence-corrected chi connectivity index (χ1v) is 6.38. The summed E-state index contributed by atoms with van der Waals surface area (Å²) in [5.41, 5.74) is 6.59. The molecule has 0 radical (unpaired) electrons. The Morgan fingerprint density at radius 2 is 1.50 bits per heavy atom. The highest BCUT2D eigenvalue weighted by Crippen LogP contribution is 2.35. The van der Waals surface area contributed by atoms with Crippen molar-refractivity contribution in [1.82, 2.24) is 0 Å². The van der Waals surface area contributed by atoms with E-state index >= 15 is 0 Å². The van der Waals surface area contributed by atoms with Gasteiger partial charge in [-0.25, -0.2) is 8.78 Å². The standard InChI is InChI=1S/C15H23F2N/c1-11(2)9-15(16,17)13-7-5-12(6-8-13)14(3,4)10-18/h5-8,11H,9-10,18H2,1-4H3. The van der Waals surface area contributed by atoms with Gasteiger partial charge in [0.2, 0.25) is 0 Å². The molecule has 0 bridgehead atoms. The molecular weight excluding hydrogens is 232 g/mol. The third-order valence-electron chi connectivity index (χ3n) is 3.26. The summed E-state index contributed by atoms with van der Waals surface area (Å²) < 4.78 is 27.8.